The van der Waals surface area contributed by atoms with Crippen LogP contribution in [-0.2, 0) is 0 Å². The molecule has 0 amide bonds. The summed E-state index contributed by atoms with van der Waals surface area (Å²) in [6, 6.07) is 9.58. The molecule has 1 unspecified atom stereocenters. The first-order valence-electron chi connectivity index (χ1n) is 6.97. The molecule has 0 fully saturated rings. The first-order valence-corrected chi connectivity index (χ1v) is 7.35. The van der Waals surface area contributed by atoms with Crippen LogP contribution < -0.4 is 5.32 Å². The minimum absolute atomic E-state index is 0.200. The van der Waals surface area contributed by atoms with Gasteiger partial charge in [-0.2, -0.15) is 0 Å². The third kappa shape index (κ3) is 3.80. The molecule has 2 rings (SSSR count). The summed E-state index contributed by atoms with van der Waals surface area (Å²) in [5.41, 5.74) is 2.29. The second-order valence-electron chi connectivity index (χ2n) is 5.09. The van der Waals surface area contributed by atoms with E-state index < -0.39 is 17.7 Å². The molecule has 0 aromatic heterocycles. The summed E-state index contributed by atoms with van der Waals surface area (Å²) >= 11 is 5.63. The van der Waals surface area contributed by atoms with E-state index in [-0.39, 0.29) is 10.6 Å². The van der Waals surface area contributed by atoms with E-state index in [0.717, 1.165) is 23.6 Å². The summed E-state index contributed by atoms with van der Waals surface area (Å²) in [7, 11) is 0. The predicted octanol–water partition coefficient (Wildman–Crippen LogP) is 5.02. The van der Waals surface area contributed by atoms with Gasteiger partial charge in [-0.3, -0.25) is 0 Å². The lowest BCUT2D eigenvalue weighted by Gasteiger charge is -2.20. The van der Waals surface area contributed by atoms with Crippen molar-refractivity contribution in [3.63, 3.8) is 0 Å². The zero-order chi connectivity index (χ0) is 15.4. The van der Waals surface area contributed by atoms with Gasteiger partial charge in [0.1, 0.15) is 11.6 Å². The van der Waals surface area contributed by atoms with Crippen molar-refractivity contribution in [2.75, 3.05) is 6.54 Å². The van der Waals surface area contributed by atoms with Gasteiger partial charge in [0.05, 0.1) is 11.1 Å². The molecule has 0 aliphatic heterocycles. The molecule has 2 aromatic carbocycles. The third-order valence-corrected chi connectivity index (χ3v) is 3.65. The minimum atomic E-state index is -0.608. The largest absolute Gasteiger partial charge is 0.306 e. The molecule has 4 heteroatoms. The third-order valence-electron chi connectivity index (χ3n) is 3.36. The van der Waals surface area contributed by atoms with Crippen molar-refractivity contribution in [3.05, 3.63) is 69.7 Å². The van der Waals surface area contributed by atoms with Crippen molar-refractivity contribution >= 4 is 11.6 Å². The number of hydrogen-bond donors (Lipinski definition) is 1. The standard InChI is InChI=1S/C17H18ClF2N/c1-3-8-21-17(12-6-4-11(2)5-7-12)13-9-16(20)14(18)10-15(13)19/h4-7,9-10,17,21H,3,8H2,1-2H3. The molecule has 1 N–H and O–H groups in total. The Balaban J connectivity index is 2.45. The molecule has 1 atom stereocenters. The van der Waals surface area contributed by atoms with Gasteiger partial charge >= 0.3 is 0 Å². The summed E-state index contributed by atoms with van der Waals surface area (Å²) in [4.78, 5) is 0. The van der Waals surface area contributed by atoms with Gasteiger partial charge in [-0.1, -0.05) is 48.4 Å². The fourth-order valence-corrected chi connectivity index (χ4v) is 2.36. The number of halogens is 3. The number of rotatable bonds is 5. The number of hydrogen-bond acceptors (Lipinski definition) is 1. The van der Waals surface area contributed by atoms with Crippen LogP contribution in [0.2, 0.25) is 5.02 Å². The zero-order valence-electron chi connectivity index (χ0n) is 12.1. The molecule has 0 saturated heterocycles. The van der Waals surface area contributed by atoms with Crippen LogP contribution in [0.4, 0.5) is 8.78 Å². The SMILES string of the molecule is CCCNC(c1ccc(C)cc1)c1cc(F)c(Cl)cc1F. The average Bonchev–Trinajstić information content (AvgIpc) is 2.46. The van der Waals surface area contributed by atoms with E-state index in [4.69, 9.17) is 11.6 Å². The van der Waals surface area contributed by atoms with E-state index in [9.17, 15) is 8.78 Å². The molecule has 1 nitrogen and oxygen atoms in total. The van der Waals surface area contributed by atoms with Crippen molar-refractivity contribution in [1.29, 1.82) is 0 Å². The van der Waals surface area contributed by atoms with Crippen molar-refractivity contribution < 1.29 is 8.78 Å². The maximum absolute atomic E-state index is 14.2. The Hall–Kier alpha value is -1.45. The number of benzene rings is 2. The molecule has 0 radical (unpaired) electrons. The highest BCUT2D eigenvalue weighted by molar-refractivity contribution is 6.30. The highest BCUT2D eigenvalue weighted by atomic mass is 35.5. The summed E-state index contributed by atoms with van der Waals surface area (Å²) < 4.78 is 27.9. The normalized spacial score (nSPS) is 12.4. The second kappa shape index (κ2) is 7.01. The van der Waals surface area contributed by atoms with Crippen LogP contribution in [0.15, 0.2) is 36.4 Å². The van der Waals surface area contributed by atoms with Gasteiger partial charge in [0.15, 0.2) is 0 Å². The van der Waals surface area contributed by atoms with Gasteiger partial charge < -0.3 is 5.32 Å². The zero-order valence-corrected chi connectivity index (χ0v) is 12.8. The minimum Gasteiger partial charge on any atom is -0.306 e. The smallest absolute Gasteiger partial charge is 0.142 e. The molecule has 2 aromatic rings. The van der Waals surface area contributed by atoms with Gasteiger partial charge in [0.25, 0.3) is 0 Å². The van der Waals surface area contributed by atoms with E-state index in [0.29, 0.717) is 6.54 Å². The van der Waals surface area contributed by atoms with Crippen LogP contribution >= 0.6 is 11.6 Å². The maximum Gasteiger partial charge on any atom is 0.142 e. The van der Waals surface area contributed by atoms with Gasteiger partial charge in [0.2, 0.25) is 0 Å². The van der Waals surface area contributed by atoms with Crippen LogP contribution in [-0.4, -0.2) is 6.54 Å². The second-order valence-corrected chi connectivity index (χ2v) is 5.49. The van der Waals surface area contributed by atoms with Crippen molar-refractivity contribution in [2.45, 2.75) is 26.3 Å². The maximum atomic E-state index is 14.2. The molecule has 0 aliphatic rings. The van der Waals surface area contributed by atoms with E-state index in [1.165, 1.54) is 6.07 Å². The number of aryl methyl sites for hydroxylation is 1. The fraction of sp³-hybridized carbons (Fsp3) is 0.294. The molecule has 0 saturated carbocycles. The Labute approximate surface area is 128 Å². The van der Waals surface area contributed by atoms with Crippen molar-refractivity contribution in [1.82, 2.24) is 5.32 Å². The molecular weight excluding hydrogens is 292 g/mol. The van der Waals surface area contributed by atoms with Crippen molar-refractivity contribution in [3.8, 4) is 0 Å². The molecule has 0 heterocycles. The Bertz CT molecular complexity index is 611. The first-order chi connectivity index (χ1) is 10.0. The van der Waals surface area contributed by atoms with E-state index >= 15 is 0 Å². The predicted molar refractivity (Wildman–Crippen MR) is 82.7 cm³/mol. The molecule has 112 valence electrons. The lowest BCUT2D eigenvalue weighted by Crippen LogP contribution is -2.24. The van der Waals surface area contributed by atoms with Gasteiger partial charge in [-0.25, -0.2) is 8.78 Å². The topological polar surface area (TPSA) is 12.0 Å². The summed E-state index contributed by atoms with van der Waals surface area (Å²) in [6.45, 7) is 4.72. The van der Waals surface area contributed by atoms with Crippen molar-refractivity contribution in [2.24, 2.45) is 0 Å². The lowest BCUT2D eigenvalue weighted by molar-refractivity contribution is 0.535. The lowest BCUT2D eigenvalue weighted by atomic mass is 9.97. The summed E-state index contributed by atoms with van der Waals surface area (Å²) in [5.74, 6) is -1.11. The van der Waals surface area contributed by atoms with Gasteiger partial charge in [-0.15, -0.1) is 0 Å². The first kappa shape index (κ1) is 15.9. The summed E-state index contributed by atoms with van der Waals surface area (Å²) in [5, 5.41) is 3.06. The summed E-state index contributed by atoms with van der Waals surface area (Å²) in [6.07, 6.45) is 0.903. The Kier molecular flexibility index (Phi) is 5.32. The van der Waals surface area contributed by atoms with E-state index in [1.54, 1.807) is 0 Å². The molecule has 0 aliphatic carbocycles. The highest BCUT2D eigenvalue weighted by Crippen LogP contribution is 2.28. The number of nitrogens with one attached hydrogen (secondary N) is 1. The molecular formula is C17H18ClF2N. The van der Waals surface area contributed by atoms with E-state index in [1.807, 2.05) is 38.1 Å². The Morgan fingerprint density at radius 2 is 1.76 bits per heavy atom. The average molecular weight is 310 g/mol. The van der Waals surface area contributed by atoms with Crippen LogP contribution in [0.25, 0.3) is 0 Å². The van der Waals surface area contributed by atoms with Gasteiger partial charge in [-0.05, 0) is 37.6 Å². The molecule has 21 heavy (non-hydrogen) atoms. The van der Waals surface area contributed by atoms with Crippen LogP contribution in [0.1, 0.15) is 36.1 Å². The van der Waals surface area contributed by atoms with Crippen LogP contribution in [0.3, 0.4) is 0 Å². The monoisotopic (exact) mass is 309 g/mol. The van der Waals surface area contributed by atoms with Gasteiger partial charge in [0, 0.05) is 5.56 Å². The van der Waals surface area contributed by atoms with E-state index in [2.05, 4.69) is 5.32 Å². The fourth-order valence-electron chi connectivity index (χ4n) is 2.21. The molecule has 0 spiro atoms. The van der Waals surface area contributed by atoms with Crippen LogP contribution in [0.5, 0.6) is 0 Å². The highest BCUT2D eigenvalue weighted by Gasteiger charge is 2.19. The Morgan fingerprint density at radius 1 is 1.10 bits per heavy atom. The quantitative estimate of drug-likeness (QED) is 0.765. The Morgan fingerprint density at radius 3 is 2.38 bits per heavy atom. The van der Waals surface area contributed by atoms with Crippen LogP contribution in [0, 0.1) is 18.6 Å². The molecule has 0 bridgehead atoms.